The van der Waals surface area contributed by atoms with Gasteiger partial charge in [0.15, 0.2) is 16.1 Å². The van der Waals surface area contributed by atoms with Crippen LogP contribution in [0.15, 0.2) is 65.0 Å². The molecule has 2 aromatic carbocycles. The number of carbonyl (C=O) groups excluding carboxylic acids is 1. The van der Waals surface area contributed by atoms with Crippen molar-refractivity contribution in [1.29, 1.82) is 0 Å². The van der Waals surface area contributed by atoms with E-state index < -0.39 is 28.6 Å². The Balaban J connectivity index is 1.62. The van der Waals surface area contributed by atoms with Crippen LogP contribution in [0, 0.1) is 0 Å². The number of hydrogen-bond donors (Lipinski definition) is 2. The molecule has 3 rings (SSSR count). The predicted octanol–water partition coefficient (Wildman–Crippen LogP) is 4.23. The van der Waals surface area contributed by atoms with E-state index in [4.69, 9.17) is 0 Å². The summed E-state index contributed by atoms with van der Waals surface area (Å²) in [5.41, 5.74) is 0.0794. The van der Waals surface area contributed by atoms with Crippen molar-refractivity contribution >= 4 is 33.4 Å². The lowest BCUT2D eigenvalue weighted by atomic mass is 10.1. The molecular weight excluding hydrogens is 411 g/mol. The summed E-state index contributed by atoms with van der Waals surface area (Å²) >= 11 is 1.30. The molecule has 0 saturated carbocycles. The Bertz CT molecular complexity index is 974. The zero-order chi connectivity index (χ0) is 20.1. The monoisotopic (exact) mass is 425 g/mol. The molecule has 0 aliphatic rings. The first-order chi connectivity index (χ1) is 13.3. The van der Waals surface area contributed by atoms with Crippen LogP contribution >= 0.6 is 11.3 Å². The number of thiazole rings is 1. The summed E-state index contributed by atoms with van der Waals surface area (Å²) < 4.78 is 52.8. The highest BCUT2D eigenvalue weighted by molar-refractivity contribution is 7.86. The molecule has 1 atom stereocenters. The number of anilines is 1. The summed E-state index contributed by atoms with van der Waals surface area (Å²) in [7, 11) is -1.58. The summed E-state index contributed by atoms with van der Waals surface area (Å²) in [6, 6.07) is 10.8. The van der Waals surface area contributed by atoms with Gasteiger partial charge in [-0.05, 0) is 35.9 Å². The highest BCUT2D eigenvalue weighted by Gasteiger charge is 2.29. The lowest BCUT2D eigenvalue weighted by molar-refractivity contribution is -0.137. The van der Waals surface area contributed by atoms with Crippen molar-refractivity contribution in [3.8, 4) is 0 Å². The summed E-state index contributed by atoms with van der Waals surface area (Å²) in [6.07, 6.45) is -2.82. The van der Waals surface area contributed by atoms with Crippen molar-refractivity contribution in [3.63, 3.8) is 0 Å². The standard InChI is InChI=1S/C18H14F3N3O2S2/c19-18(20,21)14-6-4-12(5-7-14)11-23-16(25)13-2-1-3-15(10-13)28(26)24-17-22-8-9-27-17/h1-10H,11H2,(H,22,24)(H,23,25). The largest absolute Gasteiger partial charge is 0.416 e. The normalized spacial score (nSPS) is 12.4. The van der Waals surface area contributed by atoms with E-state index in [1.807, 2.05) is 0 Å². The van der Waals surface area contributed by atoms with Gasteiger partial charge in [-0.25, -0.2) is 9.19 Å². The topological polar surface area (TPSA) is 71.1 Å². The van der Waals surface area contributed by atoms with Crippen LogP contribution in [0.4, 0.5) is 18.3 Å². The molecule has 0 fully saturated rings. The molecule has 2 N–H and O–H groups in total. The van der Waals surface area contributed by atoms with Crippen molar-refractivity contribution in [3.05, 3.63) is 76.8 Å². The SMILES string of the molecule is O=C(NCc1ccc(C(F)(F)F)cc1)c1cccc(S(=O)Nc2nccs2)c1. The van der Waals surface area contributed by atoms with Gasteiger partial charge in [-0.15, -0.1) is 11.3 Å². The number of carbonyl (C=O) groups is 1. The summed E-state index contributed by atoms with van der Waals surface area (Å²) in [5.74, 6) is -0.423. The number of amides is 1. The van der Waals surface area contributed by atoms with Crippen molar-refractivity contribution in [2.75, 3.05) is 4.72 Å². The molecule has 0 spiro atoms. The Morgan fingerprint density at radius 2 is 1.89 bits per heavy atom. The number of nitrogens with zero attached hydrogens (tertiary/aromatic N) is 1. The van der Waals surface area contributed by atoms with E-state index in [0.717, 1.165) is 12.1 Å². The minimum atomic E-state index is -4.40. The fraction of sp³-hybridized carbons (Fsp3) is 0.111. The predicted molar refractivity (Wildman–Crippen MR) is 101 cm³/mol. The quantitative estimate of drug-likeness (QED) is 0.621. The van der Waals surface area contributed by atoms with Crippen LogP contribution < -0.4 is 10.0 Å². The minimum Gasteiger partial charge on any atom is -0.348 e. The zero-order valence-electron chi connectivity index (χ0n) is 14.2. The number of hydrogen-bond acceptors (Lipinski definition) is 4. The van der Waals surface area contributed by atoms with Crippen molar-refractivity contribution in [2.24, 2.45) is 0 Å². The van der Waals surface area contributed by atoms with Gasteiger partial charge >= 0.3 is 6.18 Å². The highest BCUT2D eigenvalue weighted by Crippen LogP contribution is 2.29. The molecule has 1 amide bonds. The fourth-order valence-electron chi connectivity index (χ4n) is 2.26. The molecule has 5 nitrogen and oxygen atoms in total. The molecule has 1 aromatic heterocycles. The molecule has 3 aromatic rings. The maximum absolute atomic E-state index is 12.6. The van der Waals surface area contributed by atoms with Crippen LogP contribution in [0.5, 0.6) is 0 Å². The highest BCUT2D eigenvalue weighted by atomic mass is 32.2. The van der Waals surface area contributed by atoms with Gasteiger partial charge in [0.25, 0.3) is 5.91 Å². The molecule has 0 aliphatic heterocycles. The summed E-state index contributed by atoms with van der Waals surface area (Å²) in [6.45, 7) is 0.0711. The Labute approximate surface area is 165 Å². The second-order valence-corrected chi connectivity index (χ2v) is 7.72. The Kier molecular flexibility index (Phi) is 6.10. The number of nitrogens with one attached hydrogen (secondary N) is 2. The number of aromatic nitrogens is 1. The number of alkyl halides is 3. The van der Waals surface area contributed by atoms with Crippen LogP contribution in [-0.4, -0.2) is 15.1 Å². The molecule has 1 heterocycles. The first kappa shape index (κ1) is 20.0. The number of halogens is 3. The van der Waals surface area contributed by atoms with Crippen molar-refractivity contribution < 1.29 is 22.2 Å². The van der Waals surface area contributed by atoms with Crippen molar-refractivity contribution in [2.45, 2.75) is 17.6 Å². The van der Waals surface area contributed by atoms with E-state index in [1.165, 1.54) is 29.5 Å². The van der Waals surface area contributed by atoms with Crippen LogP contribution in [0.25, 0.3) is 0 Å². The molecule has 10 heteroatoms. The lowest BCUT2D eigenvalue weighted by Crippen LogP contribution is -2.23. The van der Waals surface area contributed by atoms with E-state index in [1.54, 1.807) is 29.8 Å². The third kappa shape index (κ3) is 5.17. The van der Waals surface area contributed by atoms with Gasteiger partial charge in [0.2, 0.25) is 0 Å². The van der Waals surface area contributed by atoms with Gasteiger partial charge in [-0.3, -0.25) is 9.52 Å². The van der Waals surface area contributed by atoms with E-state index in [2.05, 4.69) is 15.0 Å². The lowest BCUT2D eigenvalue weighted by Gasteiger charge is -2.09. The fourth-order valence-corrected chi connectivity index (χ4v) is 3.82. The summed E-state index contributed by atoms with van der Waals surface area (Å²) in [5, 5.41) is 4.87. The molecule has 146 valence electrons. The Hall–Kier alpha value is -2.72. The minimum absolute atomic E-state index is 0.0711. The van der Waals surface area contributed by atoms with Crippen LogP contribution in [0.1, 0.15) is 21.5 Å². The second kappa shape index (κ2) is 8.53. The first-order valence-corrected chi connectivity index (χ1v) is 9.98. The van der Waals surface area contributed by atoms with E-state index in [-0.39, 0.29) is 6.54 Å². The first-order valence-electron chi connectivity index (χ1n) is 7.95. The average Bonchev–Trinajstić information content (AvgIpc) is 3.19. The molecule has 0 saturated heterocycles. The maximum atomic E-state index is 12.6. The summed E-state index contributed by atoms with van der Waals surface area (Å²) in [4.78, 5) is 16.7. The molecule has 0 bridgehead atoms. The van der Waals surface area contributed by atoms with Gasteiger partial charge in [0, 0.05) is 23.7 Å². The van der Waals surface area contributed by atoms with Crippen LogP contribution in [0.3, 0.4) is 0 Å². The van der Waals surface area contributed by atoms with E-state index in [0.29, 0.717) is 21.2 Å². The van der Waals surface area contributed by atoms with Gasteiger partial charge < -0.3 is 5.32 Å². The molecule has 0 radical (unpaired) electrons. The van der Waals surface area contributed by atoms with Crippen LogP contribution in [-0.2, 0) is 23.7 Å². The maximum Gasteiger partial charge on any atom is 0.416 e. The van der Waals surface area contributed by atoms with Gasteiger partial charge in [0.05, 0.1) is 10.5 Å². The van der Waals surface area contributed by atoms with Gasteiger partial charge in [-0.2, -0.15) is 13.2 Å². The smallest absolute Gasteiger partial charge is 0.348 e. The van der Waals surface area contributed by atoms with E-state index >= 15 is 0 Å². The molecule has 28 heavy (non-hydrogen) atoms. The van der Waals surface area contributed by atoms with Crippen molar-refractivity contribution in [1.82, 2.24) is 10.3 Å². The van der Waals surface area contributed by atoms with Gasteiger partial charge in [-0.1, -0.05) is 18.2 Å². The number of benzene rings is 2. The average molecular weight is 425 g/mol. The van der Waals surface area contributed by atoms with E-state index in [9.17, 15) is 22.2 Å². The molecule has 0 aliphatic carbocycles. The van der Waals surface area contributed by atoms with Gasteiger partial charge in [0.1, 0.15) is 0 Å². The Morgan fingerprint density at radius 1 is 1.14 bits per heavy atom. The third-order valence-electron chi connectivity index (χ3n) is 3.66. The second-order valence-electron chi connectivity index (χ2n) is 5.61. The zero-order valence-corrected chi connectivity index (χ0v) is 15.8. The molecule has 1 unspecified atom stereocenters. The van der Waals surface area contributed by atoms with Crippen LogP contribution in [0.2, 0.25) is 0 Å². The third-order valence-corrected chi connectivity index (χ3v) is 5.54. The molecular formula is C18H14F3N3O2S2. The number of rotatable bonds is 6. The Morgan fingerprint density at radius 3 is 2.54 bits per heavy atom.